The van der Waals surface area contributed by atoms with E-state index in [1.54, 1.807) is 13.1 Å². The number of carbonyl (C=O) groups is 2. The van der Waals surface area contributed by atoms with Crippen molar-refractivity contribution in [3.8, 4) is 0 Å². The molecule has 1 amide bonds. The van der Waals surface area contributed by atoms with E-state index in [4.69, 9.17) is 5.11 Å². The molecule has 0 fully saturated rings. The van der Waals surface area contributed by atoms with Crippen molar-refractivity contribution in [2.75, 3.05) is 13.6 Å². The second kappa shape index (κ2) is 6.53. The molecule has 0 atom stereocenters. The van der Waals surface area contributed by atoms with Crippen LogP contribution in [0.4, 0.5) is 0 Å². The molecule has 0 bridgehead atoms. The smallest absolute Gasteiger partial charge is 0.325 e. The van der Waals surface area contributed by atoms with Gasteiger partial charge in [0.15, 0.2) is 5.69 Å². The molecule has 98 valence electrons. The molecule has 1 heterocycles. The summed E-state index contributed by atoms with van der Waals surface area (Å²) in [5.74, 6) is -1.30. The number of amides is 1. The Morgan fingerprint density at radius 1 is 1.61 bits per heavy atom. The monoisotopic (exact) mass is 252 g/mol. The fraction of sp³-hybridized carbons (Fsp3) is 0.455. The van der Waals surface area contributed by atoms with Gasteiger partial charge in [-0.1, -0.05) is 11.3 Å². The number of aromatic nitrogens is 3. The molecule has 0 aliphatic rings. The van der Waals surface area contributed by atoms with Crippen molar-refractivity contribution in [2.45, 2.75) is 19.4 Å². The Balaban J connectivity index is 2.57. The highest BCUT2D eigenvalue weighted by Crippen LogP contribution is 2.01. The average molecular weight is 252 g/mol. The molecule has 18 heavy (non-hydrogen) atoms. The molecule has 1 aromatic heterocycles. The predicted octanol–water partition coefficient (Wildman–Crippen LogP) is 0.401. The molecule has 0 aliphatic heterocycles. The number of rotatable bonds is 7. The molecular formula is C11H16N4O3. The fourth-order valence-corrected chi connectivity index (χ4v) is 1.38. The van der Waals surface area contributed by atoms with E-state index in [-0.39, 0.29) is 18.1 Å². The summed E-state index contributed by atoms with van der Waals surface area (Å²) in [5.41, 5.74) is 0.150. The van der Waals surface area contributed by atoms with E-state index in [0.29, 0.717) is 6.54 Å². The highest BCUT2D eigenvalue weighted by atomic mass is 16.4. The minimum absolute atomic E-state index is 0.150. The second-order valence-electron chi connectivity index (χ2n) is 3.85. The number of nitrogens with zero attached hydrogens (tertiary/aromatic N) is 4. The summed E-state index contributed by atoms with van der Waals surface area (Å²) in [4.78, 5) is 23.9. The fourth-order valence-electron chi connectivity index (χ4n) is 1.38. The summed E-state index contributed by atoms with van der Waals surface area (Å²) in [6.45, 7) is 3.90. The lowest BCUT2D eigenvalue weighted by Crippen LogP contribution is -2.28. The van der Waals surface area contributed by atoms with Gasteiger partial charge in [-0.3, -0.25) is 9.59 Å². The zero-order valence-corrected chi connectivity index (χ0v) is 10.2. The number of unbranched alkanes of at least 4 members (excludes halogenated alkanes) is 1. The van der Waals surface area contributed by atoms with E-state index in [1.165, 1.54) is 11.1 Å². The Morgan fingerprint density at radius 3 is 2.94 bits per heavy atom. The van der Waals surface area contributed by atoms with Gasteiger partial charge in [-0.2, -0.15) is 0 Å². The minimum atomic E-state index is -1.03. The largest absolute Gasteiger partial charge is 0.480 e. The lowest BCUT2D eigenvalue weighted by Gasteiger charge is -2.14. The summed E-state index contributed by atoms with van der Waals surface area (Å²) < 4.78 is 1.12. The average Bonchev–Trinajstić information content (AvgIpc) is 2.75. The molecule has 0 aromatic carbocycles. The Labute approximate surface area is 105 Å². The van der Waals surface area contributed by atoms with Crippen LogP contribution in [0.25, 0.3) is 0 Å². The third-order valence-electron chi connectivity index (χ3n) is 2.30. The molecule has 7 heteroatoms. The number of hydrogen-bond acceptors (Lipinski definition) is 4. The number of allylic oxidation sites excluding steroid dienone is 1. The molecule has 7 nitrogen and oxygen atoms in total. The molecule has 1 N–H and O–H groups in total. The van der Waals surface area contributed by atoms with Gasteiger partial charge in [-0.05, 0) is 12.8 Å². The molecular weight excluding hydrogens is 236 g/mol. The second-order valence-corrected chi connectivity index (χ2v) is 3.85. The topological polar surface area (TPSA) is 88.3 Å². The van der Waals surface area contributed by atoms with E-state index in [1.807, 2.05) is 0 Å². The number of carboxylic acid groups (broad SMARTS) is 1. The summed E-state index contributed by atoms with van der Waals surface area (Å²) >= 11 is 0. The van der Waals surface area contributed by atoms with Gasteiger partial charge >= 0.3 is 5.97 Å². The van der Waals surface area contributed by atoms with Crippen LogP contribution in [0.2, 0.25) is 0 Å². The number of carbonyl (C=O) groups excluding carboxylic acids is 1. The first-order valence-electron chi connectivity index (χ1n) is 5.53. The summed E-state index contributed by atoms with van der Waals surface area (Å²) in [5, 5.41) is 15.8. The van der Waals surface area contributed by atoms with Crippen LogP contribution in [0.3, 0.4) is 0 Å². The SMILES string of the molecule is C=CCCCN(C)C(=O)c1cn(CC(=O)O)nn1. The standard InChI is InChI=1S/C11H16N4O3/c1-3-4-5-6-14(2)11(18)9-7-15(13-12-9)8-10(16)17/h3,7H,1,4-6,8H2,2H3,(H,16,17). The quantitative estimate of drug-likeness (QED) is 0.560. The van der Waals surface area contributed by atoms with Crippen LogP contribution >= 0.6 is 0 Å². The van der Waals surface area contributed by atoms with Crippen molar-refractivity contribution < 1.29 is 14.7 Å². The van der Waals surface area contributed by atoms with Gasteiger partial charge in [0, 0.05) is 13.6 Å². The minimum Gasteiger partial charge on any atom is -0.480 e. The lowest BCUT2D eigenvalue weighted by molar-refractivity contribution is -0.137. The van der Waals surface area contributed by atoms with Gasteiger partial charge in [0.05, 0.1) is 6.20 Å². The Morgan fingerprint density at radius 2 is 2.33 bits per heavy atom. The molecule has 1 rings (SSSR count). The first kappa shape index (κ1) is 13.9. The van der Waals surface area contributed by atoms with E-state index in [2.05, 4.69) is 16.9 Å². The number of carboxylic acids is 1. The van der Waals surface area contributed by atoms with Crippen molar-refractivity contribution >= 4 is 11.9 Å². The molecule has 0 saturated heterocycles. The molecule has 0 saturated carbocycles. The van der Waals surface area contributed by atoms with Gasteiger partial charge in [0.2, 0.25) is 0 Å². The van der Waals surface area contributed by atoms with Gasteiger partial charge in [0.25, 0.3) is 5.91 Å². The summed E-state index contributed by atoms with van der Waals surface area (Å²) in [7, 11) is 1.67. The number of hydrogen-bond donors (Lipinski definition) is 1. The molecule has 1 aromatic rings. The normalized spacial score (nSPS) is 10.1. The van der Waals surface area contributed by atoms with Crippen LogP contribution in [0.5, 0.6) is 0 Å². The van der Waals surface area contributed by atoms with Gasteiger partial charge < -0.3 is 10.0 Å². The first-order valence-corrected chi connectivity index (χ1v) is 5.53. The van der Waals surface area contributed by atoms with E-state index >= 15 is 0 Å². The molecule has 0 radical (unpaired) electrons. The summed E-state index contributed by atoms with van der Waals surface area (Å²) in [6.07, 6.45) is 4.79. The maximum atomic E-state index is 11.9. The van der Waals surface area contributed by atoms with Crippen LogP contribution in [0, 0.1) is 0 Å². The Hall–Kier alpha value is -2.18. The molecule has 0 unspecified atom stereocenters. The maximum absolute atomic E-state index is 11.9. The van der Waals surface area contributed by atoms with Crippen LogP contribution in [-0.2, 0) is 11.3 Å². The lowest BCUT2D eigenvalue weighted by atomic mass is 10.3. The van der Waals surface area contributed by atoms with Gasteiger partial charge in [-0.15, -0.1) is 11.7 Å². The van der Waals surface area contributed by atoms with Crippen molar-refractivity contribution in [1.82, 2.24) is 19.9 Å². The van der Waals surface area contributed by atoms with Crippen LogP contribution in [-0.4, -0.2) is 50.5 Å². The predicted molar refractivity (Wildman–Crippen MR) is 64.0 cm³/mol. The molecule has 0 spiro atoms. The van der Waals surface area contributed by atoms with E-state index in [0.717, 1.165) is 17.5 Å². The Kier molecular flexibility index (Phi) is 5.04. The molecule has 0 aliphatic carbocycles. The van der Waals surface area contributed by atoms with E-state index < -0.39 is 5.97 Å². The highest BCUT2D eigenvalue weighted by molar-refractivity contribution is 5.91. The first-order chi connectivity index (χ1) is 8.54. The van der Waals surface area contributed by atoms with Crippen molar-refractivity contribution in [3.63, 3.8) is 0 Å². The Bertz CT molecular complexity index is 441. The zero-order valence-electron chi connectivity index (χ0n) is 10.2. The van der Waals surface area contributed by atoms with Crippen LogP contribution in [0.1, 0.15) is 23.3 Å². The van der Waals surface area contributed by atoms with E-state index in [9.17, 15) is 9.59 Å². The van der Waals surface area contributed by atoms with Crippen LogP contribution < -0.4 is 0 Å². The van der Waals surface area contributed by atoms with Gasteiger partial charge in [0.1, 0.15) is 6.54 Å². The van der Waals surface area contributed by atoms with Crippen molar-refractivity contribution in [2.24, 2.45) is 0 Å². The van der Waals surface area contributed by atoms with Crippen LogP contribution in [0.15, 0.2) is 18.9 Å². The maximum Gasteiger partial charge on any atom is 0.325 e. The third-order valence-corrected chi connectivity index (χ3v) is 2.30. The van der Waals surface area contributed by atoms with Crippen molar-refractivity contribution in [3.05, 3.63) is 24.5 Å². The van der Waals surface area contributed by atoms with Gasteiger partial charge in [-0.25, -0.2) is 4.68 Å². The zero-order chi connectivity index (χ0) is 13.5. The summed E-state index contributed by atoms with van der Waals surface area (Å²) in [6, 6.07) is 0. The highest BCUT2D eigenvalue weighted by Gasteiger charge is 2.15. The third kappa shape index (κ3) is 4.00. The van der Waals surface area contributed by atoms with Crippen molar-refractivity contribution in [1.29, 1.82) is 0 Å². The number of aliphatic carboxylic acids is 1.